The molecule has 0 aliphatic heterocycles. The number of hydrogen-bond acceptors (Lipinski definition) is 2. The van der Waals surface area contributed by atoms with Crippen molar-refractivity contribution in [3.05, 3.63) is 42.5 Å². The van der Waals surface area contributed by atoms with Gasteiger partial charge < -0.3 is 9.84 Å². The van der Waals surface area contributed by atoms with Crippen LogP contribution in [-0.4, -0.2) is 12.2 Å². The van der Waals surface area contributed by atoms with E-state index in [4.69, 9.17) is 4.74 Å². The molecule has 1 rings (SSSR count). The Bertz CT molecular complexity index is 307. The maximum absolute atomic E-state index is 9.95. The molecule has 0 unspecified atom stereocenters. The van der Waals surface area contributed by atoms with E-state index >= 15 is 0 Å². The number of aliphatic hydroxyl groups is 1. The van der Waals surface area contributed by atoms with Crippen molar-refractivity contribution in [3.63, 3.8) is 0 Å². The second-order valence-electron chi connectivity index (χ2n) is 3.28. The van der Waals surface area contributed by atoms with Crippen LogP contribution in [-0.2, 0) is 0 Å². The van der Waals surface area contributed by atoms with Crippen LogP contribution in [0.25, 0.3) is 0 Å². The molecule has 0 radical (unpaired) electrons. The lowest BCUT2D eigenvalue weighted by Crippen LogP contribution is -2.07. The number of rotatable bonds is 4. The Morgan fingerprint density at radius 3 is 2.64 bits per heavy atom. The van der Waals surface area contributed by atoms with E-state index in [-0.39, 0.29) is 5.92 Å². The second-order valence-corrected chi connectivity index (χ2v) is 3.28. The molecule has 1 N–H and O–H groups in total. The van der Waals surface area contributed by atoms with Crippen LogP contribution in [0.2, 0.25) is 0 Å². The third-order valence-electron chi connectivity index (χ3n) is 2.33. The highest BCUT2D eigenvalue weighted by Gasteiger charge is 2.16. The second kappa shape index (κ2) is 4.82. The lowest BCUT2D eigenvalue weighted by molar-refractivity contribution is 0.136. The summed E-state index contributed by atoms with van der Waals surface area (Å²) in [6.45, 7) is 5.58. The van der Waals surface area contributed by atoms with Crippen LogP contribution in [0, 0.1) is 5.92 Å². The molecule has 0 aliphatic carbocycles. The van der Waals surface area contributed by atoms with Gasteiger partial charge in [0.25, 0.3) is 0 Å². The topological polar surface area (TPSA) is 29.5 Å². The molecule has 76 valence electrons. The van der Waals surface area contributed by atoms with Crippen LogP contribution in [0.15, 0.2) is 36.9 Å². The maximum atomic E-state index is 9.95. The molecule has 0 fully saturated rings. The summed E-state index contributed by atoms with van der Waals surface area (Å²) in [5, 5.41) is 9.95. The molecule has 2 heteroatoms. The molecule has 2 atom stereocenters. The summed E-state index contributed by atoms with van der Waals surface area (Å²) in [5.41, 5.74) is 0.808. The lowest BCUT2D eigenvalue weighted by Gasteiger charge is -2.18. The van der Waals surface area contributed by atoms with Crippen LogP contribution in [0.5, 0.6) is 5.75 Å². The van der Waals surface area contributed by atoms with Crippen molar-refractivity contribution < 1.29 is 9.84 Å². The lowest BCUT2D eigenvalue weighted by atomic mass is 9.97. The van der Waals surface area contributed by atoms with Gasteiger partial charge in [-0.1, -0.05) is 31.2 Å². The van der Waals surface area contributed by atoms with E-state index in [1.165, 1.54) is 0 Å². The van der Waals surface area contributed by atoms with Crippen LogP contribution in [0.1, 0.15) is 18.6 Å². The highest BCUT2D eigenvalue weighted by atomic mass is 16.5. The molecule has 1 aromatic rings. The molecule has 0 aliphatic rings. The van der Waals surface area contributed by atoms with Gasteiger partial charge in [0.2, 0.25) is 0 Å². The molecule has 0 saturated carbocycles. The Morgan fingerprint density at radius 1 is 1.43 bits per heavy atom. The van der Waals surface area contributed by atoms with Crippen molar-refractivity contribution in [2.24, 2.45) is 5.92 Å². The zero-order valence-corrected chi connectivity index (χ0v) is 8.60. The normalized spacial score (nSPS) is 14.5. The van der Waals surface area contributed by atoms with Gasteiger partial charge in [-0.2, -0.15) is 0 Å². The highest BCUT2D eigenvalue weighted by molar-refractivity contribution is 5.35. The first-order valence-corrected chi connectivity index (χ1v) is 4.64. The fourth-order valence-corrected chi connectivity index (χ4v) is 1.32. The van der Waals surface area contributed by atoms with Gasteiger partial charge in [0.1, 0.15) is 5.75 Å². The van der Waals surface area contributed by atoms with Gasteiger partial charge in [-0.15, -0.1) is 6.58 Å². The quantitative estimate of drug-likeness (QED) is 0.743. The molecule has 0 saturated heterocycles. The molecular weight excluding hydrogens is 176 g/mol. The first-order chi connectivity index (χ1) is 6.70. The summed E-state index contributed by atoms with van der Waals surface area (Å²) in [6.07, 6.45) is 1.18. The van der Waals surface area contributed by atoms with Crippen molar-refractivity contribution in [1.82, 2.24) is 0 Å². The first kappa shape index (κ1) is 10.8. The minimum absolute atomic E-state index is 0.0197. The van der Waals surface area contributed by atoms with Crippen molar-refractivity contribution in [2.75, 3.05) is 7.11 Å². The third kappa shape index (κ3) is 2.15. The monoisotopic (exact) mass is 192 g/mol. The zero-order valence-electron chi connectivity index (χ0n) is 8.60. The Morgan fingerprint density at radius 2 is 2.07 bits per heavy atom. The minimum atomic E-state index is -0.552. The third-order valence-corrected chi connectivity index (χ3v) is 2.33. The number of methoxy groups -OCH3 is 1. The van der Waals surface area contributed by atoms with Gasteiger partial charge in [-0.3, -0.25) is 0 Å². The number of aliphatic hydroxyl groups excluding tert-OH is 1. The van der Waals surface area contributed by atoms with Crippen LogP contribution in [0.3, 0.4) is 0 Å². The van der Waals surface area contributed by atoms with Gasteiger partial charge in [0, 0.05) is 11.5 Å². The smallest absolute Gasteiger partial charge is 0.124 e. The summed E-state index contributed by atoms with van der Waals surface area (Å²) < 4.78 is 5.17. The maximum Gasteiger partial charge on any atom is 0.124 e. The summed E-state index contributed by atoms with van der Waals surface area (Å²) >= 11 is 0. The molecule has 0 bridgehead atoms. The van der Waals surface area contributed by atoms with E-state index in [0.29, 0.717) is 5.75 Å². The molecule has 1 aromatic carbocycles. The van der Waals surface area contributed by atoms with Crippen molar-refractivity contribution in [1.29, 1.82) is 0 Å². The zero-order chi connectivity index (χ0) is 10.6. The van der Waals surface area contributed by atoms with Gasteiger partial charge >= 0.3 is 0 Å². The SMILES string of the molecule is C=C[C@@H](C)[C@H](O)c1ccccc1OC. The fraction of sp³-hybridized carbons (Fsp3) is 0.333. The van der Waals surface area contributed by atoms with Crippen molar-refractivity contribution >= 4 is 0 Å². The van der Waals surface area contributed by atoms with Crippen molar-refractivity contribution in [2.45, 2.75) is 13.0 Å². The summed E-state index contributed by atoms with van der Waals surface area (Å²) in [5.74, 6) is 0.736. The summed E-state index contributed by atoms with van der Waals surface area (Å²) in [7, 11) is 1.60. The molecular formula is C12H16O2. The van der Waals surface area contributed by atoms with Crippen molar-refractivity contribution in [3.8, 4) is 5.75 Å². The Labute approximate surface area is 84.8 Å². The summed E-state index contributed by atoms with van der Waals surface area (Å²) in [6, 6.07) is 7.47. The molecule has 14 heavy (non-hydrogen) atoms. The molecule has 0 aromatic heterocycles. The van der Waals surface area contributed by atoms with E-state index in [2.05, 4.69) is 6.58 Å². The average molecular weight is 192 g/mol. The van der Waals surface area contributed by atoms with E-state index in [1.54, 1.807) is 13.2 Å². The molecule has 0 spiro atoms. The Balaban J connectivity index is 2.98. The van der Waals surface area contributed by atoms with Crippen LogP contribution < -0.4 is 4.74 Å². The Kier molecular flexibility index (Phi) is 3.72. The van der Waals surface area contributed by atoms with Gasteiger partial charge in [-0.25, -0.2) is 0 Å². The Hall–Kier alpha value is -1.28. The summed E-state index contributed by atoms with van der Waals surface area (Å²) in [4.78, 5) is 0. The molecule has 0 amide bonds. The number of para-hydroxylation sites is 1. The van der Waals surface area contributed by atoms with E-state index in [0.717, 1.165) is 5.56 Å². The van der Waals surface area contributed by atoms with Crippen LogP contribution in [0.4, 0.5) is 0 Å². The van der Waals surface area contributed by atoms with E-state index < -0.39 is 6.10 Å². The fourth-order valence-electron chi connectivity index (χ4n) is 1.32. The van der Waals surface area contributed by atoms with E-state index in [1.807, 2.05) is 31.2 Å². The van der Waals surface area contributed by atoms with Gasteiger partial charge in [0.05, 0.1) is 13.2 Å². The molecule has 0 heterocycles. The first-order valence-electron chi connectivity index (χ1n) is 4.64. The highest BCUT2D eigenvalue weighted by Crippen LogP contribution is 2.29. The number of ether oxygens (including phenoxy) is 1. The average Bonchev–Trinajstić information content (AvgIpc) is 2.26. The predicted molar refractivity (Wildman–Crippen MR) is 57.3 cm³/mol. The van der Waals surface area contributed by atoms with Gasteiger partial charge in [0.15, 0.2) is 0 Å². The predicted octanol–water partition coefficient (Wildman–Crippen LogP) is 2.55. The number of benzene rings is 1. The standard InChI is InChI=1S/C12H16O2/c1-4-9(2)12(13)10-7-5-6-8-11(10)14-3/h4-9,12-13H,1H2,2-3H3/t9-,12+/m1/s1. The van der Waals surface area contributed by atoms with Gasteiger partial charge in [-0.05, 0) is 6.07 Å². The number of hydrogen-bond donors (Lipinski definition) is 1. The van der Waals surface area contributed by atoms with Crippen LogP contribution >= 0.6 is 0 Å². The van der Waals surface area contributed by atoms with E-state index in [9.17, 15) is 5.11 Å². The largest absolute Gasteiger partial charge is 0.496 e. The molecule has 2 nitrogen and oxygen atoms in total. The minimum Gasteiger partial charge on any atom is -0.496 e.